The van der Waals surface area contributed by atoms with E-state index in [1.165, 1.54) is 0 Å². The number of hydrogen-bond acceptors (Lipinski definition) is 3. The molecule has 1 aromatic carbocycles. The van der Waals surface area contributed by atoms with Gasteiger partial charge in [-0.15, -0.1) is 6.42 Å². The summed E-state index contributed by atoms with van der Waals surface area (Å²) in [5.41, 5.74) is 1.15. The van der Waals surface area contributed by atoms with Crippen molar-refractivity contribution in [3.05, 3.63) is 29.8 Å². The number of terminal acetylenes is 1. The molecule has 16 heavy (non-hydrogen) atoms. The molecule has 0 aliphatic rings. The molecule has 0 heterocycles. The first-order valence-electron chi connectivity index (χ1n) is 5.28. The van der Waals surface area contributed by atoms with Crippen LogP contribution in [0.2, 0.25) is 0 Å². The molecule has 0 saturated carbocycles. The number of aliphatic hydroxyl groups excluding tert-OH is 1. The summed E-state index contributed by atoms with van der Waals surface area (Å²) in [7, 11) is 0. The van der Waals surface area contributed by atoms with E-state index in [2.05, 4.69) is 11.2 Å². The third-order valence-corrected chi connectivity index (χ3v) is 2.26. The van der Waals surface area contributed by atoms with E-state index in [1.807, 2.05) is 31.2 Å². The molecule has 0 spiro atoms. The van der Waals surface area contributed by atoms with E-state index in [0.29, 0.717) is 6.54 Å². The number of nitrogens with one attached hydrogen (secondary N) is 1. The Kier molecular flexibility index (Phi) is 5.41. The quantitative estimate of drug-likeness (QED) is 0.709. The number of hydrogen-bond donors (Lipinski definition) is 2. The largest absolute Gasteiger partial charge is 0.481 e. The lowest BCUT2D eigenvalue weighted by molar-refractivity contribution is 0.286. The fourth-order valence-corrected chi connectivity index (χ4v) is 1.38. The van der Waals surface area contributed by atoms with Crippen molar-refractivity contribution < 1.29 is 9.84 Å². The molecule has 0 aliphatic carbocycles. The van der Waals surface area contributed by atoms with Gasteiger partial charge in [-0.2, -0.15) is 0 Å². The van der Waals surface area contributed by atoms with Crippen LogP contribution in [0.25, 0.3) is 0 Å². The van der Waals surface area contributed by atoms with Gasteiger partial charge < -0.3 is 15.2 Å². The summed E-state index contributed by atoms with van der Waals surface area (Å²) < 4.78 is 5.27. The van der Waals surface area contributed by atoms with Crippen molar-refractivity contribution in [2.45, 2.75) is 13.0 Å². The maximum atomic E-state index is 8.70. The highest BCUT2D eigenvalue weighted by Crippen LogP contribution is 2.17. The molecule has 0 aromatic heterocycles. The Morgan fingerprint density at radius 1 is 1.44 bits per heavy atom. The Balaban J connectivity index is 2.53. The Bertz CT molecular complexity index is 340. The Morgan fingerprint density at radius 2 is 2.12 bits per heavy atom. The second kappa shape index (κ2) is 6.89. The lowest BCUT2D eigenvalue weighted by Crippen LogP contribution is -2.21. The van der Waals surface area contributed by atoms with E-state index in [-0.39, 0.29) is 19.3 Å². The summed E-state index contributed by atoms with van der Waals surface area (Å²) in [6.07, 6.45) is 5.10. The minimum absolute atomic E-state index is 0.147. The van der Waals surface area contributed by atoms with E-state index in [4.69, 9.17) is 16.3 Å². The average Bonchev–Trinajstić information content (AvgIpc) is 2.34. The van der Waals surface area contributed by atoms with Crippen molar-refractivity contribution in [1.82, 2.24) is 5.32 Å². The second-order valence-corrected chi connectivity index (χ2v) is 3.46. The van der Waals surface area contributed by atoms with E-state index in [0.717, 1.165) is 11.3 Å². The van der Waals surface area contributed by atoms with Gasteiger partial charge in [-0.3, -0.25) is 0 Å². The van der Waals surface area contributed by atoms with Gasteiger partial charge in [0.15, 0.2) is 0 Å². The summed E-state index contributed by atoms with van der Waals surface area (Å²) in [5, 5.41) is 11.9. The molecule has 86 valence electrons. The molecule has 2 N–H and O–H groups in total. The standard InChI is InChI=1S/C13H17NO2/c1-3-10-16-13-6-4-12(5-7-13)11(2)14-8-9-15/h1,4-7,11,14-15H,8-10H2,2H3. The van der Waals surface area contributed by atoms with Crippen molar-refractivity contribution in [1.29, 1.82) is 0 Å². The molecular formula is C13H17NO2. The molecular weight excluding hydrogens is 202 g/mol. The van der Waals surface area contributed by atoms with E-state index >= 15 is 0 Å². The number of aliphatic hydroxyl groups is 1. The average molecular weight is 219 g/mol. The highest BCUT2D eigenvalue weighted by atomic mass is 16.5. The number of benzene rings is 1. The molecule has 0 aliphatic heterocycles. The zero-order valence-electron chi connectivity index (χ0n) is 9.44. The summed E-state index contributed by atoms with van der Waals surface area (Å²) in [5.74, 6) is 3.19. The van der Waals surface area contributed by atoms with Crippen molar-refractivity contribution in [2.24, 2.45) is 0 Å². The first-order valence-corrected chi connectivity index (χ1v) is 5.28. The molecule has 0 amide bonds. The highest BCUT2D eigenvalue weighted by molar-refractivity contribution is 5.29. The van der Waals surface area contributed by atoms with Crippen LogP contribution < -0.4 is 10.1 Å². The zero-order valence-corrected chi connectivity index (χ0v) is 9.44. The topological polar surface area (TPSA) is 41.5 Å². The van der Waals surface area contributed by atoms with Crippen LogP contribution in [0.3, 0.4) is 0 Å². The van der Waals surface area contributed by atoms with Crippen molar-refractivity contribution in [2.75, 3.05) is 19.8 Å². The third-order valence-electron chi connectivity index (χ3n) is 2.26. The van der Waals surface area contributed by atoms with Gasteiger partial charge in [-0.25, -0.2) is 0 Å². The van der Waals surface area contributed by atoms with Crippen LogP contribution in [0.15, 0.2) is 24.3 Å². The SMILES string of the molecule is C#CCOc1ccc(C(C)NCCO)cc1. The lowest BCUT2D eigenvalue weighted by atomic mass is 10.1. The Morgan fingerprint density at radius 3 is 2.69 bits per heavy atom. The Labute approximate surface area is 96.4 Å². The van der Waals surface area contributed by atoms with Crippen LogP contribution in [0.4, 0.5) is 0 Å². The normalized spacial score (nSPS) is 11.8. The van der Waals surface area contributed by atoms with E-state index < -0.39 is 0 Å². The monoisotopic (exact) mass is 219 g/mol. The predicted molar refractivity (Wildman–Crippen MR) is 64.3 cm³/mol. The molecule has 1 atom stereocenters. The van der Waals surface area contributed by atoms with E-state index in [1.54, 1.807) is 0 Å². The van der Waals surface area contributed by atoms with Gasteiger partial charge in [-0.05, 0) is 24.6 Å². The van der Waals surface area contributed by atoms with Gasteiger partial charge in [0.05, 0.1) is 6.61 Å². The molecule has 1 unspecified atom stereocenters. The minimum Gasteiger partial charge on any atom is -0.481 e. The van der Waals surface area contributed by atoms with Crippen LogP contribution in [0.5, 0.6) is 5.75 Å². The molecule has 1 rings (SSSR count). The van der Waals surface area contributed by atoms with Gasteiger partial charge in [-0.1, -0.05) is 18.1 Å². The molecule has 0 fully saturated rings. The molecule has 0 bridgehead atoms. The Hall–Kier alpha value is -1.50. The van der Waals surface area contributed by atoms with Crippen molar-refractivity contribution in [3.8, 4) is 18.1 Å². The van der Waals surface area contributed by atoms with Gasteiger partial charge in [0, 0.05) is 12.6 Å². The first-order chi connectivity index (χ1) is 7.77. The van der Waals surface area contributed by atoms with Crippen LogP contribution >= 0.6 is 0 Å². The summed E-state index contributed by atoms with van der Waals surface area (Å²) in [6.45, 7) is 3.08. The number of rotatable bonds is 6. The fraction of sp³-hybridized carbons (Fsp3) is 0.385. The van der Waals surface area contributed by atoms with Crippen molar-refractivity contribution in [3.63, 3.8) is 0 Å². The fourth-order valence-electron chi connectivity index (χ4n) is 1.38. The van der Waals surface area contributed by atoms with Crippen LogP contribution in [0.1, 0.15) is 18.5 Å². The first kappa shape index (κ1) is 12.6. The van der Waals surface area contributed by atoms with Gasteiger partial charge in [0.25, 0.3) is 0 Å². The van der Waals surface area contributed by atoms with Crippen molar-refractivity contribution >= 4 is 0 Å². The molecule has 0 radical (unpaired) electrons. The highest BCUT2D eigenvalue weighted by Gasteiger charge is 2.03. The smallest absolute Gasteiger partial charge is 0.148 e. The lowest BCUT2D eigenvalue weighted by Gasteiger charge is -2.13. The van der Waals surface area contributed by atoms with E-state index in [9.17, 15) is 0 Å². The van der Waals surface area contributed by atoms with Gasteiger partial charge in [0.2, 0.25) is 0 Å². The zero-order chi connectivity index (χ0) is 11.8. The second-order valence-electron chi connectivity index (χ2n) is 3.46. The van der Waals surface area contributed by atoms with Crippen LogP contribution in [-0.2, 0) is 0 Å². The minimum atomic E-state index is 0.147. The predicted octanol–water partition coefficient (Wildman–Crippen LogP) is 1.34. The molecule has 3 heteroatoms. The number of ether oxygens (including phenoxy) is 1. The molecule has 3 nitrogen and oxygen atoms in total. The summed E-state index contributed by atoms with van der Waals surface area (Å²) in [4.78, 5) is 0. The summed E-state index contributed by atoms with van der Waals surface area (Å²) in [6, 6.07) is 7.98. The van der Waals surface area contributed by atoms with Gasteiger partial charge >= 0.3 is 0 Å². The molecule has 1 aromatic rings. The van der Waals surface area contributed by atoms with Crippen LogP contribution in [0, 0.1) is 12.3 Å². The molecule has 0 saturated heterocycles. The summed E-state index contributed by atoms with van der Waals surface area (Å²) >= 11 is 0. The third kappa shape index (κ3) is 3.93. The maximum absolute atomic E-state index is 8.70. The van der Waals surface area contributed by atoms with Gasteiger partial charge in [0.1, 0.15) is 12.4 Å². The maximum Gasteiger partial charge on any atom is 0.148 e. The van der Waals surface area contributed by atoms with Crippen LogP contribution in [-0.4, -0.2) is 24.9 Å².